The Hall–Kier alpha value is -0.730. The van der Waals surface area contributed by atoms with Gasteiger partial charge >= 0.3 is 36.0 Å². The summed E-state index contributed by atoms with van der Waals surface area (Å²) in [7, 11) is 0. The van der Waals surface area contributed by atoms with E-state index in [1.165, 1.54) is 0 Å². The second-order valence-electron chi connectivity index (χ2n) is 5.16. The van der Waals surface area contributed by atoms with Crippen molar-refractivity contribution in [2.45, 2.75) is 53.4 Å². The smallest absolute Gasteiger partial charge is 0.363 e. The lowest BCUT2D eigenvalue weighted by Gasteiger charge is -2.33. The molecule has 1 aliphatic rings. The van der Waals surface area contributed by atoms with Gasteiger partial charge in [-0.3, -0.25) is 0 Å². The number of hydrogen-bond acceptors (Lipinski definition) is 1. The van der Waals surface area contributed by atoms with Crippen molar-refractivity contribution in [3.63, 3.8) is 0 Å². The summed E-state index contributed by atoms with van der Waals surface area (Å²) < 4.78 is 183. The minimum Gasteiger partial charge on any atom is -0.363 e. The van der Waals surface area contributed by atoms with Crippen molar-refractivity contribution in [3.05, 3.63) is 0 Å². The maximum atomic E-state index is 13.5. The number of ether oxygens (including phenoxy) is 1. The summed E-state index contributed by atoms with van der Waals surface area (Å²) in [5, 5.41) is -5.24. The maximum Gasteiger partial charge on any atom is 0.380 e. The first-order valence-corrected chi connectivity index (χ1v) is 6.38. The predicted octanol–water partition coefficient (Wildman–Crippen LogP) is 5.07. The molecule has 0 aromatic carbocycles. The fourth-order valence-electron chi connectivity index (χ4n) is 1.80. The molecule has 1 fully saturated rings. The topological polar surface area (TPSA) is 9.23 Å². The van der Waals surface area contributed by atoms with E-state index >= 15 is 0 Å². The molecule has 26 heavy (non-hydrogen) atoms. The molecule has 1 rings (SSSR count). The highest BCUT2D eigenvalue weighted by Crippen LogP contribution is 2.60. The summed E-state index contributed by atoms with van der Waals surface area (Å²) in [5.74, 6) is -32.0. The Morgan fingerprint density at radius 1 is 0.923 bits per heavy atom. The van der Waals surface area contributed by atoms with E-state index in [1.807, 2.05) is 0 Å². The van der Waals surface area contributed by atoms with Gasteiger partial charge in [0.15, 0.2) is 0 Å². The van der Waals surface area contributed by atoms with Crippen LogP contribution in [0.5, 0.6) is 0 Å². The second kappa shape index (κ2) is 6.14. The number of rotatable bonds is 6. The van der Waals surface area contributed by atoms with Gasteiger partial charge in [-0.05, 0) is 0 Å². The third-order valence-electron chi connectivity index (χ3n) is 3.40. The molecule has 0 saturated heterocycles. The van der Waals surface area contributed by atoms with E-state index in [4.69, 9.17) is 0 Å². The van der Waals surface area contributed by atoms with Crippen molar-refractivity contribution in [1.29, 1.82) is 0 Å². The number of hydrogen-bond donors (Lipinski definition) is 0. The van der Waals surface area contributed by atoms with Crippen molar-refractivity contribution >= 4 is 11.6 Å². The van der Waals surface area contributed by atoms with Gasteiger partial charge < -0.3 is 4.74 Å². The number of halogens is 15. The first-order chi connectivity index (χ1) is 11.2. The van der Waals surface area contributed by atoms with E-state index in [-0.39, 0.29) is 0 Å². The van der Waals surface area contributed by atoms with Crippen LogP contribution in [0.25, 0.3) is 0 Å². The van der Waals surface area contributed by atoms with Crippen LogP contribution in [0.2, 0.25) is 0 Å². The van der Waals surface area contributed by atoms with Crippen molar-refractivity contribution in [1.82, 2.24) is 0 Å². The zero-order valence-corrected chi connectivity index (χ0v) is 12.3. The summed E-state index contributed by atoms with van der Waals surface area (Å²) in [6.45, 7) is -3.31. The minimum atomic E-state index is -6.91. The fourth-order valence-corrected chi connectivity index (χ4v) is 2.10. The van der Waals surface area contributed by atoms with Gasteiger partial charge in [-0.15, -0.1) is 0 Å². The Kier molecular flexibility index (Phi) is 5.50. The lowest BCUT2D eigenvalue weighted by molar-refractivity contribution is -0.349. The van der Waals surface area contributed by atoms with Gasteiger partial charge in [-0.2, -0.15) is 43.9 Å². The van der Waals surface area contributed by atoms with Gasteiger partial charge in [0.25, 0.3) is 5.13 Å². The van der Waals surface area contributed by atoms with Crippen LogP contribution in [0.3, 0.4) is 0 Å². The molecule has 0 aromatic rings. The van der Waals surface area contributed by atoms with Gasteiger partial charge in [0.1, 0.15) is 12.7 Å². The Balaban J connectivity index is 3.11. The highest BCUT2D eigenvalue weighted by atomic mass is 35.5. The minimum absolute atomic E-state index is 3.18. The molecule has 0 aromatic heterocycles. The normalized spacial score (nSPS) is 32.3. The molecule has 0 spiro atoms. The first kappa shape index (κ1) is 23.3. The molecule has 0 heterocycles. The van der Waals surface area contributed by atoms with Gasteiger partial charge in [0.2, 0.25) is 6.17 Å². The molecule has 3 atom stereocenters. The van der Waals surface area contributed by atoms with Gasteiger partial charge in [0.05, 0.1) is 0 Å². The second-order valence-corrected chi connectivity index (χ2v) is 5.71. The quantitative estimate of drug-likeness (QED) is 0.412. The molecule has 3 unspecified atom stereocenters. The van der Waals surface area contributed by atoms with Crippen LogP contribution >= 0.6 is 11.6 Å². The van der Waals surface area contributed by atoms with E-state index in [2.05, 4.69) is 16.3 Å². The monoisotopic (exact) mass is 442 g/mol. The maximum absolute atomic E-state index is 13.5. The summed E-state index contributed by atoms with van der Waals surface area (Å²) >= 11 is 4.33. The molecule has 1 aliphatic carbocycles. The average molecular weight is 443 g/mol. The Labute approximate surface area is 139 Å². The van der Waals surface area contributed by atoms with Crippen LogP contribution < -0.4 is 0 Å². The highest BCUT2D eigenvalue weighted by Gasteiger charge is 2.85. The van der Waals surface area contributed by atoms with Crippen LogP contribution in [0, 0.1) is 0 Å². The Morgan fingerprint density at radius 2 is 1.35 bits per heavy atom. The van der Waals surface area contributed by atoms with Gasteiger partial charge in [-0.1, -0.05) is 11.6 Å². The molecule has 156 valence electrons. The standard InChI is InChI=1S/C10H5ClF14O/c11-6(17)3(2(12)7(18,19)10(6,24)25)26-1-5(15,16)9(22,23)8(20,21)4(13)14/h2-4H,1H2. The van der Waals surface area contributed by atoms with Crippen molar-refractivity contribution < 1.29 is 66.2 Å². The summed E-state index contributed by atoms with van der Waals surface area (Å²) in [6, 6.07) is 0. The molecule has 0 aliphatic heterocycles. The number of alkyl halides is 15. The Bertz CT molecular complexity index is 532. The van der Waals surface area contributed by atoms with Crippen molar-refractivity contribution in [2.75, 3.05) is 6.61 Å². The lowest BCUT2D eigenvalue weighted by atomic mass is 10.1. The third-order valence-corrected chi connectivity index (χ3v) is 3.86. The molecule has 0 radical (unpaired) electrons. The van der Waals surface area contributed by atoms with E-state index in [0.29, 0.717) is 0 Å². The lowest BCUT2D eigenvalue weighted by Crippen LogP contribution is -2.60. The zero-order valence-electron chi connectivity index (χ0n) is 11.5. The molecule has 16 heteroatoms. The van der Waals surface area contributed by atoms with Crippen LogP contribution in [-0.2, 0) is 4.74 Å². The molecule has 0 bridgehead atoms. The predicted molar refractivity (Wildman–Crippen MR) is 55.1 cm³/mol. The van der Waals surface area contributed by atoms with Crippen LogP contribution in [0.4, 0.5) is 61.5 Å². The largest absolute Gasteiger partial charge is 0.380 e. The van der Waals surface area contributed by atoms with Crippen LogP contribution in [-0.4, -0.2) is 60.0 Å². The molecular formula is C10H5ClF14O. The third kappa shape index (κ3) is 2.88. The van der Waals surface area contributed by atoms with Crippen molar-refractivity contribution in [2.24, 2.45) is 0 Å². The molecule has 0 N–H and O–H groups in total. The first-order valence-electron chi connectivity index (χ1n) is 6.00. The van der Waals surface area contributed by atoms with Gasteiger partial charge in [0, 0.05) is 0 Å². The van der Waals surface area contributed by atoms with E-state index in [9.17, 15) is 61.5 Å². The van der Waals surface area contributed by atoms with E-state index in [1.54, 1.807) is 0 Å². The van der Waals surface area contributed by atoms with Crippen molar-refractivity contribution in [3.8, 4) is 0 Å². The average Bonchev–Trinajstić information content (AvgIpc) is 2.53. The summed E-state index contributed by atoms with van der Waals surface area (Å²) in [6.07, 6.45) is -13.8. The van der Waals surface area contributed by atoms with E-state index in [0.717, 1.165) is 0 Å². The molecule has 1 nitrogen and oxygen atoms in total. The SMILES string of the molecule is FC(F)C(F)(F)C(F)(F)C(F)(F)COC1C(F)C(F)(F)C(F)(F)C1(F)Cl. The summed E-state index contributed by atoms with van der Waals surface area (Å²) in [5.41, 5.74) is 0. The molecule has 0 amide bonds. The highest BCUT2D eigenvalue weighted by molar-refractivity contribution is 6.24. The molecular weight excluding hydrogens is 438 g/mol. The van der Waals surface area contributed by atoms with E-state index < -0.39 is 60.0 Å². The fraction of sp³-hybridized carbons (Fsp3) is 1.00. The molecule has 1 saturated carbocycles. The van der Waals surface area contributed by atoms with Crippen LogP contribution in [0.15, 0.2) is 0 Å². The van der Waals surface area contributed by atoms with Crippen LogP contribution in [0.1, 0.15) is 0 Å². The zero-order chi connectivity index (χ0) is 21.1. The summed E-state index contributed by atoms with van der Waals surface area (Å²) in [4.78, 5) is 0. The Morgan fingerprint density at radius 3 is 1.65 bits per heavy atom. The van der Waals surface area contributed by atoms with Gasteiger partial charge in [-0.25, -0.2) is 17.6 Å².